The summed E-state index contributed by atoms with van der Waals surface area (Å²) in [7, 11) is 0. The van der Waals surface area contributed by atoms with E-state index in [0.29, 0.717) is 12.7 Å². The average Bonchev–Trinajstić information content (AvgIpc) is 2.72. The third-order valence-electron chi connectivity index (χ3n) is 3.40. The average molecular weight is 249 g/mol. The van der Waals surface area contributed by atoms with Gasteiger partial charge in [0.2, 0.25) is 0 Å². The summed E-state index contributed by atoms with van der Waals surface area (Å²) in [6, 6.07) is 6.16. The second-order valence-electron chi connectivity index (χ2n) is 5.29. The number of hydrogen-bond donors (Lipinski definition) is 1. The molecule has 3 heteroatoms. The first-order chi connectivity index (χ1) is 8.56. The lowest BCUT2D eigenvalue weighted by molar-refractivity contribution is 0.0262. The minimum absolute atomic E-state index is 0.0102. The fraction of sp³-hybridized carbons (Fsp3) is 0.600. The fourth-order valence-corrected chi connectivity index (χ4v) is 2.33. The molecule has 2 rings (SSSR count). The summed E-state index contributed by atoms with van der Waals surface area (Å²) in [4.78, 5) is 0. The van der Waals surface area contributed by atoms with Gasteiger partial charge in [0.1, 0.15) is 12.4 Å². The van der Waals surface area contributed by atoms with Crippen molar-refractivity contribution in [2.45, 2.75) is 51.9 Å². The topological polar surface area (TPSA) is 44.5 Å². The second-order valence-corrected chi connectivity index (χ2v) is 5.29. The molecule has 0 radical (unpaired) electrons. The van der Waals surface area contributed by atoms with Crippen LogP contribution in [0.3, 0.4) is 0 Å². The standard InChI is InChI=1S/C15H23NO2/c1-10-4-7-14(12(3)16)15(8-10)17-9-13-6-5-11(2)18-13/h4,7-8,11-13H,5-6,9,16H2,1-3H3. The number of nitrogens with two attached hydrogens (primary N) is 1. The number of rotatable bonds is 4. The summed E-state index contributed by atoms with van der Waals surface area (Å²) in [5.74, 6) is 0.896. The first kappa shape index (κ1) is 13.4. The van der Waals surface area contributed by atoms with E-state index in [0.717, 1.165) is 24.2 Å². The van der Waals surface area contributed by atoms with Crippen molar-refractivity contribution < 1.29 is 9.47 Å². The van der Waals surface area contributed by atoms with Crippen molar-refractivity contribution >= 4 is 0 Å². The van der Waals surface area contributed by atoms with Gasteiger partial charge < -0.3 is 15.2 Å². The maximum atomic E-state index is 5.96. The van der Waals surface area contributed by atoms with Crippen LogP contribution in [0.1, 0.15) is 43.9 Å². The molecule has 1 heterocycles. The molecule has 0 spiro atoms. The molecule has 1 fully saturated rings. The van der Waals surface area contributed by atoms with Crippen molar-refractivity contribution in [1.82, 2.24) is 0 Å². The van der Waals surface area contributed by atoms with E-state index in [1.54, 1.807) is 0 Å². The van der Waals surface area contributed by atoms with Gasteiger partial charge in [-0.15, -0.1) is 0 Å². The smallest absolute Gasteiger partial charge is 0.124 e. The summed E-state index contributed by atoms with van der Waals surface area (Å²) in [5.41, 5.74) is 8.21. The van der Waals surface area contributed by atoms with E-state index in [1.807, 2.05) is 13.0 Å². The SMILES string of the molecule is Cc1ccc(C(C)N)c(OCC2CCC(C)O2)c1. The molecule has 0 amide bonds. The van der Waals surface area contributed by atoms with E-state index in [1.165, 1.54) is 5.56 Å². The van der Waals surface area contributed by atoms with Crippen molar-refractivity contribution in [3.63, 3.8) is 0 Å². The molecule has 0 aromatic heterocycles. The Balaban J connectivity index is 2.01. The van der Waals surface area contributed by atoms with E-state index >= 15 is 0 Å². The Labute approximate surface area is 109 Å². The fourth-order valence-electron chi connectivity index (χ4n) is 2.33. The van der Waals surface area contributed by atoms with Gasteiger partial charge in [-0.2, -0.15) is 0 Å². The highest BCUT2D eigenvalue weighted by Crippen LogP contribution is 2.27. The zero-order valence-corrected chi connectivity index (χ0v) is 11.5. The van der Waals surface area contributed by atoms with E-state index in [4.69, 9.17) is 15.2 Å². The Bertz CT molecular complexity index is 403. The Morgan fingerprint density at radius 2 is 2.22 bits per heavy atom. The molecule has 1 saturated heterocycles. The van der Waals surface area contributed by atoms with Gasteiger partial charge in [-0.3, -0.25) is 0 Å². The zero-order valence-electron chi connectivity index (χ0n) is 11.5. The minimum atomic E-state index is -0.0102. The Morgan fingerprint density at radius 1 is 1.44 bits per heavy atom. The van der Waals surface area contributed by atoms with Crippen LogP contribution in [0.25, 0.3) is 0 Å². The molecule has 3 unspecified atom stereocenters. The van der Waals surface area contributed by atoms with Gasteiger partial charge in [0.25, 0.3) is 0 Å². The maximum absolute atomic E-state index is 5.96. The first-order valence-corrected chi connectivity index (χ1v) is 6.70. The molecule has 2 N–H and O–H groups in total. The summed E-state index contributed by atoms with van der Waals surface area (Å²) in [6.45, 7) is 6.77. The largest absolute Gasteiger partial charge is 0.491 e. The van der Waals surface area contributed by atoms with Crippen LogP contribution in [0.4, 0.5) is 0 Å². The lowest BCUT2D eigenvalue weighted by Crippen LogP contribution is -2.19. The molecule has 1 aromatic carbocycles. The molecule has 0 aliphatic carbocycles. The first-order valence-electron chi connectivity index (χ1n) is 6.70. The lowest BCUT2D eigenvalue weighted by atomic mass is 10.1. The van der Waals surface area contributed by atoms with Gasteiger partial charge in [0.15, 0.2) is 0 Å². The van der Waals surface area contributed by atoms with Gasteiger partial charge in [-0.25, -0.2) is 0 Å². The van der Waals surface area contributed by atoms with Crippen LogP contribution in [0, 0.1) is 6.92 Å². The predicted molar refractivity (Wildman–Crippen MR) is 72.8 cm³/mol. The summed E-state index contributed by atoms with van der Waals surface area (Å²) >= 11 is 0. The van der Waals surface area contributed by atoms with Crippen molar-refractivity contribution in [2.24, 2.45) is 5.73 Å². The predicted octanol–water partition coefficient (Wildman–Crippen LogP) is 2.96. The lowest BCUT2D eigenvalue weighted by Gasteiger charge is -2.17. The summed E-state index contributed by atoms with van der Waals surface area (Å²) in [6.07, 6.45) is 2.80. The molecule has 3 nitrogen and oxygen atoms in total. The highest BCUT2D eigenvalue weighted by atomic mass is 16.5. The third-order valence-corrected chi connectivity index (χ3v) is 3.40. The Hall–Kier alpha value is -1.06. The van der Waals surface area contributed by atoms with Crippen LogP contribution in [0.2, 0.25) is 0 Å². The summed E-state index contributed by atoms with van der Waals surface area (Å²) < 4.78 is 11.7. The van der Waals surface area contributed by atoms with Crippen LogP contribution in [-0.4, -0.2) is 18.8 Å². The zero-order chi connectivity index (χ0) is 13.1. The van der Waals surface area contributed by atoms with Gasteiger partial charge in [0.05, 0.1) is 12.2 Å². The Kier molecular flexibility index (Phi) is 4.25. The molecule has 18 heavy (non-hydrogen) atoms. The quantitative estimate of drug-likeness (QED) is 0.892. The van der Waals surface area contributed by atoms with E-state index in [9.17, 15) is 0 Å². The molecule has 1 aromatic rings. The molecule has 100 valence electrons. The molecule has 0 bridgehead atoms. The number of ether oxygens (including phenoxy) is 2. The van der Waals surface area contributed by atoms with E-state index < -0.39 is 0 Å². The molecule has 0 saturated carbocycles. The van der Waals surface area contributed by atoms with Gasteiger partial charge in [0, 0.05) is 11.6 Å². The van der Waals surface area contributed by atoms with Gasteiger partial charge >= 0.3 is 0 Å². The monoisotopic (exact) mass is 249 g/mol. The van der Waals surface area contributed by atoms with Crippen molar-refractivity contribution in [3.05, 3.63) is 29.3 Å². The van der Waals surface area contributed by atoms with Crippen LogP contribution in [0.5, 0.6) is 5.75 Å². The molecule has 3 atom stereocenters. The highest BCUT2D eigenvalue weighted by Gasteiger charge is 2.22. The van der Waals surface area contributed by atoms with Gasteiger partial charge in [-0.05, 0) is 45.2 Å². The molecular weight excluding hydrogens is 226 g/mol. The minimum Gasteiger partial charge on any atom is -0.491 e. The highest BCUT2D eigenvalue weighted by molar-refractivity contribution is 5.38. The molecule has 1 aliphatic heterocycles. The van der Waals surface area contributed by atoms with Gasteiger partial charge in [-0.1, -0.05) is 12.1 Å². The van der Waals surface area contributed by atoms with Crippen molar-refractivity contribution in [2.75, 3.05) is 6.61 Å². The van der Waals surface area contributed by atoms with Crippen molar-refractivity contribution in [3.8, 4) is 5.75 Å². The van der Waals surface area contributed by atoms with Crippen LogP contribution >= 0.6 is 0 Å². The second kappa shape index (κ2) is 5.72. The maximum Gasteiger partial charge on any atom is 0.124 e. The number of benzene rings is 1. The molecule has 1 aliphatic rings. The van der Waals surface area contributed by atoms with Crippen LogP contribution in [-0.2, 0) is 4.74 Å². The van der Waals surface area contributed by atoms with Crippen LogP contribution in [0.15, 0.2) is 18.2 Å². The van der Waals surface area contributed by atoms with Crippen molar-refractivity contribution in [1.29, 1.82) is 0 Å². The normalized spacial score (nSPS) is 25.1. The third kappa shape index (κ3) is 3.24. The number of hydrogen-bond acceptors (Lipinski definition) is 3. The Morgan fingerprint density at radius 3 is 2.83 bits per heavy atom. The van der Waals surface area contributed by atoms with E-state index in [2.05, 4.69) is 26.0 Å². The van der Waals surface area contributed by atoms with Crippen LogP contribution < -0.4 is 10.5 Å². The molecular formula is C15H23NO2. The number of aryl methyl sites for hydroxylation is 1. The summed E-state index contributed by atoms with van der Waals surface area (Å²) in [5, 5.41) is 0. The van der Waals surface area contributed by atoms with E-state index in [-0.39, 0.29) is 12.1 Å².